The van der Waals surface area contributed by atoms with Crippen LogP contribution in [0.15, 0.2) is 29.4 Å². The van der Waals surface area contributed by atoms with E-state index in [9.17, 15) is 0 Å². The van der Waals surface area contributed by atoms with Crippen molar-refractivity contribution < 1.29 is 4.52 Å². The molecule has 2 aromatic rings. The molecule has 54 valence electrons. The molecule has 0 spiro atoms. The molecule has 11 heavy (non-hydrogen) atoms. The van der Waals surface area contributed by atoms with Crippen molar-refractivity contribution in [1.82, 2.24) is 20.1 Å². The molecule has 0 radical (unpaired) electrons. The first-order valence-electron chi connectivity index (χ1n) is 3.00. The Morgan fingerprint density at radius 2 is 2.18 bits per heavy atom. The monoisotopic (exact) mass is 148 g/mol. The van der Waals surface area contributed by atoms with Gasteiger partial charge >= 0.3 is 0 Å². The van der Waals surface area contributed by atoms with E-state index in [0.29, 0.717) is 11.6 Å². The van der Waals surface area contributed by atoms with Crippen molar-refractivity contribution in [2.24, 2.45) is 0 Å². The fourth-order valence-corrected chi connectivity index (χ4v) is 0.703. The third-order valence-corrected chi connectivity index (χ3v) is 1.16. The lowest BCUT2D eigenvalue weighted by Crippen LogP contribution is -1.82. The van der Waals surface area contributed by atoms with Gasteiger partial charge in [0.05, 0.1) is 0 Å². The molecule has 2 heterocycles. The molecule has 0 N–H and O–H groups in total. The highest BCUT2D eigenvalue weighted by atomic mass is 16.5. The Bertz CT molecular complexity index is 318. The lowest BCUT2D eigenvalue weighted by atomic mass is 10.4. The summed E-state index contributed by atoms with van der Waals surface area (Å²) < 4.78 is 4.77. The van der Waals surface area contributed by atoms with E-state index in [1.165, 1.54) is 12.7 Å². The summed E-state index contributed by atoms with van der Waals surface area (Å²) in [6.45, 7) is 0. The zero-order valence-corrected chi connectivity index (χ0v) is 5.51. The van der Waals surface area contributed by atoms with Crippen LogP contribution >= 0.6 is 0 Å². The van der Waals surface area contributed by atoms with E-state index in [1.807, 2.05) is 0 Å². The predicted molar refractivity (Wildman–Crippen MR) is 35.3 cm³/mol. The molecule has 0 atom stereocenters. The number of nitrogens with zero attached hydrogens (tertiary/aromatic N) is 4. The summed E-state index contributed by atoms with van der Waals surface area (Å²) in [5.74, 6) is 0.410. The van der Waals surface area contributed by atoms with Crippen molar-refractivity contribution in [2.45, 2.75) is 0 Å². The summed E-state index contributed by atoms with van der Waals surface area (Å²) >= 11 is 0. The minimum absolute atomic E-state index is 0.410. The maximum atomic E-state index is 4.77. The van der Waals surface area contributed by atoms with Crippen LogP contribution in [0.5, 0.6) is 0 Å². The average molecular weight is 148 g/mol. The van der Waals surface area contributed by atoms with Crippen molar-refractivity contribution in [2.75, 3.05) is 0 Å². The van der Waals surface area contributed by atoms with Gasteiger partial charge in [-0.2, -0.15) is 4.98 Å². The molecule has 0 fully saturated rings. The highest BCUT2D eigenvalue weighted by molar-refractivity contribution is 5.43. The summed E-state index contributed by atoms with van der Waals surface area (Å²) in [6, 6.07) is 1.70. The van der Waals surface area contributed by atoms with Gasteiger partial charge in [0.1, 0.15) is 12.0 Å². The number of hydrogen-bond acceptors (Lipinski definition) is 5. The molecule has 0 unspecified atom stereocenters. The molecule has 5 nitrogen and oxygen atoms in total. The van der Waals surface area contributed by atoms with Crippen molar-refractivity contribution in [1.29, 1.82) is 0 Å². The molecule has 0 aromatic carbocycles. The van der Waals surface area contributed by atoms with E-state index in [0.717, 1.165) is 0 Å². The van der Waals surface area contributed by atoms with Gasteiger partial charge in [-0.25, -0.2) is 9.97 Å². The fraction of sp³-hybridized carbons (Fsp3) is 0. The largest absolute Gasteiger partial charge is 0.333 e. The Morgan fingerprint density at radius 3 is 2.82 bits per heavy atom. The lowest BCUT2D eigenvalue weighted by Gasteiger charge is -1.87. The van der Waals surface area contributed by atoms with E-state index in [-0.39, 0.29) is 0 Å². The van der Waals surface area contributed by atoms with Crippen LogP contribution in [-0.4, -0.2) is 20.1 Å². The Kier molecular flexibility index (Phi) is 1.33. The fourth-order valence-electron chi connectivity index (χ4n) is 0.703. The van der Waals surface area contributed by atoms with E-state index in [1.54, 1.807) is 12.3 Å². The van der Waals surface area contributed by atoms with E-state index in [2.05, 4.69) is 20.1 Å². The zero-order chi connectivity index (χ0) is 7.52. The molecule has 2 aromatic heterocycles. The van der Waals surface area contributed by atoms with Crippen LogP contribution in [0.2, 0.25) is 0 Å². The Labute approximate surface area is 62.1 Å². The standard InChI is InChI=1S/C6H4N4O/c1-2-7-3-8-5(1)6-9-4-10-11-6/h1-4H. The van der Waals surface area contributed by atoms with Gasteiger partial charge in [0.2, 0.25) is 0 Å². The SMILES string of the molecule is c1cc(-c2ncno2)ncn1. The van der Waals surface area contributed by atoms with Crippen LogP contribution in [0.1, 0.15) is 0 Å². The van der Waals surface area contributed by atoms with Gasteiger partial charge in [0.25, 0.3) is 5.89 Å². The Hall–Kier alpha value is -1.78. The topological polar surface area (TPSA) is 64.7 Å². The van der Waals surface area contributed by atoms with Crippen LogP contribution in [0.25, 0.3) is 11.6 Å². The average Bonchev–Trinajstić information content (AvgIpc) is 2.58. The first-order valence-corrected chi connectivity index (χ1v) is 3.00. The first-order chi connectivity index (χ1) is 5.47. The van der Waals surface area contributed by atoms with Crippen molar-refractivity contribution in [3.8, 4) is 11.6 Å². The van der Waals surface area contributed by atoms with Gasteiger partial charge in [0.15, 0.2) is 6.33 Å². The molecule has 0 aliphatic heterocycles. The van der Waals surface area contributed by atoms with E-state index < -0.39 is 0 Å². The van der Waals surface area contributed by atoms with Crippen LogP contribution in [0.3, 0.4) is 0 Å². The van der Waals surface area contributed by atoms with Crippen molar-refractivity contribution in [3.63, 3.8) is 0 Å². The molecule has 0 bridgehead atoms. The van der Waals surface area contributed by atoms with E-state index >= 15 is 0 Å². The summed E-state index contributed by atoms with van der Waals surface area (Å²) in [5, 5.41) is 3.45. The van der Waals surface area contributed by atoms with E-state index in [4.69, 9.17) is 4.52 Å². The maximum absolute atomic E-state index is 4.77. The van der Waals surface area contributed by atoms with Crippen molar-refractivity contribution >= 4 is 0 Å². The smallest absolute Gasteiger partial charge is 0.276 e. The summed E-state index contributed by atoms with van der Waals surface area (Å²) in [4.78, 5) is 11.5. The molecular formula is C6H4N4O. The van der Waals surface area contributed by atoms with Crippen molar-refractivity contribution in [3.05, 3.63) is 24.9 Å². The Morgan fingerprint density at radius 1 is 1.18 bits per heavy atom. The second kappa shape index (κ2) is 2.45. The number of hydrogen-bond donors (Lipinski definition) is 0. The molecule has 0 saturated carbocycles. The zero-order valence-electron chi connectivity index (χ0n) is 5.51. The molecule has 0 amide bonds. The molecule has 0 saturated heterocycles. The number of rotatable bonds is 1. The van der Waals surface area contributed by atoms with Crippen LogP contribution in [0.4, 0.5) is 0 Å². The summed E-state index contributed by atoms with van der Waals surface area (Å²) in [7, 11) is 0. The highest BCUT2D eigenvalue weighted by Crippen LogP contribution is 2.09. The summed E-state index contributed by atoms with van der Waals surface area (Å²) in [6.07, 6.45) is 4.38. The second-order valence-corrected chi connectivity index (χ2v) is 1.84. The molecule has 0 aliphatic carbocycles. The quantitative estimate of drug-likeness (QED) is 0.590. The van der Waals surface area contributed by atoms with Crippen LogP contribution < -0.4 is 0 Å². The second-order valence-electron chi connectivity index (χ2n) is 1.84. The predicted octanol–water partition coefficient (Wildman–Crippen LogP) is 0.527. The molecule has 0 aliphatic rings. The third-order valence-electron chi connectivity index (χ3n) is 1.16. The Balaban J connectivity index is 2.46. The third kappa shape index (κ3) is 1.07. The number of aromatic nitrogens is 4. The summed E-state index contributed by atoms with van der Waals surface area (Å²) in [5.41, 5.74) is 0.637. The van der Waals surface area contributed by atoms with Crippen LogP contribution in [-0.2, 0) is 0 Å². The normalized spacial score (nSPS) is 9.82. The van der Waals surface area contributed by atoms with Gasteiger partial charge in [-0.05, 0) is 6.07 Å². The minimum Gasteiger partial charge on any atom is -0.333 e. The molecular weight excluding hydrogens is 144 g/mol. The lowest BCUT2D eigenvalue weighted by molar-refractivity contribution is 0.428. The minimum atomic E-state index is 0.410. The molecule has 5 heteroatoms. The first kappa shape index (κ1) is 5.96. The van der Waals surface area contributed by atoms with Gasteiger partial charge in [0, 0.05) is 6.20 Å². The van der Waals surface area contributed by atoms with Crippen LogP contribution in [0, 0.1) is 0 Å². The maximum Gasteiger partial charge on any atom is 0.276 e. The van der Waals surface area contributed by atoms with Gasteiger partial charge in [-0.15, -0.1) is 0 Å². The van der Waals surface area contributed by atoms with Gasteiger partial charge in [-0.3, -0.25) is 0 Å². The highest BCUT2D eigenvalue weighted by Gasteiger charge is 2.02. The van der Waals surface area contributed by atoms with Gasteiger partial charge in [-0.1, -0.05) is 5.16 Å². The van der Waals surface area contributed by atoms with Gasteiger partial charge < -0.3 is 4.52 Å². The molecule has 2 rings (SSSR count).